The Hall–Kier alpha value is -3.94. The van der Waals surface area contributed by atoms with E-state index in [0.29, 0.717) is 17.0 Å². The summed E-state index contributed by atoms with van der Waals surface area (Å²) < 4.78 is 1.43. The standard InChI is InChI=1S/C22H23N5O3/c1-15-9-11-19(12-10-15)27-22(29)20(17(3)25-27)13-23-24-21(28)14-30-26-16(2)18-7-5-4-6-8-18/h4-13,25H,14H2,1-3H3,(H,24,28). The number of carbonyl (C=O) groups is 1. The van der Waals surface area contributed by atoms with Crippen LogP contribution in [0.3, 0.4) is 0 Å². The first-order valence-electron chi connectivity index (χ1n) is 9.38. The molecule has 3 aromatic rings. The number of aryl methyl sites for hydroxylation is 2. The van der Waals surface area contributed by atoms with Gasteiger partial charge in [0.25, 0.3) is 11.5 Å². The quantitative estimate of drug-likeness (QED) is 0.467. The zero-order valence-electron chi connectivity index (χ0n) is 17.0. The van der Waals surface area contributed by atoms with Crippen molar-refractivity contribution in [2.45, 2.75) is 20.8 Å². The fourth-order valence-corrected chi connectivity index (χ4v) is 2.71. The van der Waals surface area contributed by atoms with Crippen LogP contribution >= 0.6 is 0 Å². The number of hydrogen-bond donors (Lipinski definition) is 2. The van der Waals surface area contributed by atoms with Gasteiger partial charge in [0.2, 0.25) is 0 Å². The van der Waals surface area contributed by atoms with Crippen LogP contribution in [0.5, 0.6) is 0 Å². The van der Waals surface area contributed by atoms with Gasteiger partial charge in [0.15, 0.2) is 6.61 Å². The predicted molar refractivity (Wildman–Crippen MR) is 116 cm³/mol. The Labute approximate surface area is 173 Å². The number of amides is 1. The van der Waals surface area contributed by atoms with Crippen molar-refractivity contribution in [2.75, 3.05) is 6.61 Å². The van der Waals surface area contributed by atoms with Gasteiger partial charge < -0.3 is 4.84 Å². The molecule has 2 N–H and O–H groups in total. The fourth-order valence-electron chi connectivity index (χ4n) is 2.71. The molecule has 0 radical (unpaired) electrons. The van der Waals surface area contributed by atoms with Gasteiger partial charge in [0.05, 0.1) is 23.2 Å². The summed E-state index contributed by atoms with van der Waals surface area (Å²) in [6, 6.07) is 17.0. The Balaban J connectivity index is 1.58. The predicted octanol–water partition coefficient (Wildman–Crippen LogP) is 2.67. The number of benzene rings is 2. The number of nitrogens with zero attached hydrogens (tertiary/aromatic N) is 3. The van der Waals surface area contributed by atoms with E-state index >= 15 is 0 Å². The average Bonchev–Trinajstić information content (AvgIpc) is 3.03. The van der Waals surface area contributed by atoms with E-state index in [2.05, 4.69) is 20.8 Å². The maximum Gasteiger partial charge on any atom is 0.280 e. The molecular formula is C22H23N5O3. The highest BCUT2D eigenvalue weighted by Crippen LogP contribution is 2.08. The molecule has 0 unspecified atom stereocenters. The lowest BCUT2D eigenvalue weighted by molar-refractivity contribution is -0.125. The molecule has 0 aliphatic heterocycles. The van der Waals surface area contributed by atoms with Gasteiger partial charge in [-0.3, -0.25) is 14.7 Å². The van der Waals surface area contributed by atoms with E-state index in [1.54, 1.807) is 13.8 Å². The number of aromatic nitrogens is 2. The largest absolute Gasteiger partial charge is 0.385 e. The number of aromatic amines is 1. The fraction of sp³-hybridized carbons (Fsp3) is 0.182. The van der Waals surface area contributed by atoms with E-state index in [1.807, 2.05) is 61.5 Å². The maximum absolute atomic E-state index is 12.6. The number of hydrazone groups is 1. The van der Waals surface area contributed by atoms with E-state index in [9.17, 15) is 9.59 Å². The summed E-state index contributed by atoms with van der Waals surface area (Å²) in [6.07, 6.45) is 1.31. The topological polar surface area (TPSA) is 101 Å². The number of hydrogen-bond acceptors (Lipinski definition) is 5. The second kappa shape index (κ2) is 9.51. The normalized spacial score (nSPS) is 11.6. The molecule has 8 heteroatoms. The SMILES string of the molecule is CC(=NOCC(=O)NN=Cc1c(C)[nH]n(-c2ccc(C)cc2)c1=O)c1ccccc1. The average molecular weight is 405 g/mol. The monoisotopic (exact) mass is 405 g/mol. The molecule has 0 aliphatic carbocycles. The Kier molecular flexibility index (Phi) is 6.59. The number of H-pyrrole nitrogens is 1. The molecule has 1 aromatic heterocycles. The first kappa shape index (κ1) is 20.8. The van der Waals surface area contributed by atoms with Crippen LogP contribution in [0.4, 0.5) is 0 Å². The third-order valence-corrected chi connectivity index (χ3v) is 4.38. The summed E-state index contributed by atoms with van der Waals surface area (Å²) in [5, 5.41) is 10.8. The van der Waals surface area contributed by atoms with Crippen LogP contribution in [0.15, 0.2) is 69.6 Å². The minimum absolute atomic E-state index is 0.256. The Morgan fingerprint density at radius 2 is 1.83 bits per heavy atom. The molecule has 0 saturated heterocycles. The molecule has 0 bridgehead atoms. The lowest BCUT2D eigenvalue weighted by Gasteiger charge is -2.01. The smallest absolute Gasteiger partial charge is 0.280 e. The summed E-state index contributed by atoms with van der Waals surface area (Å²) >= 11 is 0. The summed E-state index contributed by atoms with van der Waals surface area (Å²) in [5.41, 5.74) is 6.45. The van der Waals surface area contributed by atoms with Gasteiger partial charge in [-0.15, -0.1) is 0 Å². The number of oxime groups is 1. The van der Waals surface area contributed by atoms with Crippen molar-refractivity contribution in [1.82, 2.24) is 15.2 Å². The molecule has 8 nitrogen and oxygen atoms in total. The van der Waals surface area contributed by atoms with Crippen molar-refractivity contribution < 1.29 is 9.63 Å². The van der Waals surface area contributed by atoms with Crippen LogP contribution in [0.2, 0.25) is 0 Å². The van der Waals surface area contributed by atoms with Gasteiger partial charge in [0.1, 0.15) is 0 Å². The van der Waals surface area contributed by atoms with E-state index < -0.39 is 5.91 Å². The summed E-state index contributed by atoms with van der Waals surface area (Å²) in [5.74, 6) is -0.483. The first-order valence-corrected chi connectivity index (χ1v) is 9.38. The minimum atomic E-state index is -0.483. The Morgan fingerprint density at radius 3 is 2.53 bits per heavy atom. The summed E-state index contributed by atoms with van der Waals surface area (Å²) in [4.78, 5) is 29.6. The van der Waals surface area contributed by atoms with Crippen molar-refractivity contribution in [3.63, 3.8) is 0 Å². The summed E-state index contributed by atoms with van der Waals surface area (Å²) in [6.45, 7) is 5.24. The molecule has 2 aromatic carbocycles. The van der Waals surface area contributed by atoms with E-state index in [1.165, 1.54) is 10.9 Å². The Morgan fingerprint density at radius 1 is 1.13 bits per heavy atom. The number of carbonyl (C=O) groups excluding carboxylic acids is 1. The second-order valence-electron chi connectivity index (χ2n) is 6.74. The molecule has 3 rings (SSSR count). The van der Waals surface area contributed by atoms with Crippen molar-refractivity contribution in [2.24, 2.45) is 10.3 Å². The van der Waals surface area contributed by atoms with Gasteiger partial charge in [0, 0.05) is 5.69 Å². The molecule has 0 aliphatic rings. The Bertz CT molecular complexity index is 1130. The molecule has 154 valence electrons. The third kappa shape index (κ3) is 5.11. The third-order valence-electron chi connectivity index (χ3n) is 4.38. The second-order valence-corrected chi connectivity index (χ2v) is 6.74. The van der Waals surface area contributed by atoms with Crippen LogP contribution in [0.25, 0.3) is 5.69 Å². The van der Waals surface area contributed by atoms with Crippen molar-refractivity contribution in [3.05, 3.63) is 87.3 Å². The van der Waals surface area contributed by atoms with E-state index in [4.69, 9.17) is 4.84 Å². The van der Waals surface area contributed by atoms with Crippen LogP contribution in [-0.2, 0) is 9.63 Å². The number of rotatable bonds is 7. The van der Waals surface area contributed by atoms with E-state index in [-0.39, 0.29) is 12.2 Å². The van der Waals surface area contributed by atoms with Crippen LogP contribution < -0.4 is 11.0 Å². The molecule has 0 spiro atoms. The van der Waals surface area contributed by atoms with Gasteiger partial charge in [-0.05, 0) is 38.5 Å². The lowest BCUT2D eigenvalue weighted by atomic mass is 10.1. The van der Waals surface area contributed by atoms with E-state index in [0.717, 1.165) is 16.8 Å². The van der Waals surface area contributed by atoms with Crippen LogP contribution in [0, 0.1) is 13.8 Å². The highest BCUT2D eigenvalue weighted by molar-refractivity contribution is 5.98. The van der Waals surface area contributed by atoms with Gasteiger partial charge in [-0.1, -0.05) is 53.2 Å². The van der Waals surface area contributed by atoms with Crippen molar-refractivity contribution >= 4 is 17.8 Å². The van der Waals surface area contributed by atoms with Crippen LogP contribution in [-0.4, -0.2) is 34.2 Å². The minimum Gasteiger partial charge on any atom is -0.385 e. The van der Waals surface area contributed by atoms with Gasteiger partial charge >= 0.3 is 0 Å². The number of nitrogens with one attached hydrogen (secondary N) is 2. The molecule has 0 fully saturated rings. The molecule has 0 atom stereocenters. The van der Waals surface area contributed by atoms with Crippen LogP contribution in [0.1, 0.15) is 29.3 Å². The van der Waals surface area contributed by atoms with Gasteiger partial charge in [-0.2, -0.15) is 5.10 Å². The van der Waals surface area contributed by atoms with Gasteiger partial charge in [-0.25, -0.2) is 10.1 Å². The summed E-state index contributed by atoms with van der Waals surface area (Å²) in [7, 11) is 0. The molecule has 1 heterocycles. The molecule has 0 saturated carbocycles. The van der Waals surface area contributed by atoms with Crippen molar-refractivity contribution in [1.29, 1.82) is 0 Å². The molecule has 1 amide bonds. The zero-order valence-corrected chi connectivity index (χ0v) is 17.0. The zero-order chi connectivity index (χ0) is 21.5. The molecular weight excluding hydrogens is 382 g/mol. The maximum atomic E-state index is 12.6. The highest BCUT2D eigenvalue weighted by atomic mass is 16.6. The van der Waals surface area contributed by atoms with Crippen molar-refractivity contribution in [3.8, 4) is 5.69 Å². The highest BCUT2D eigenvalue weighted by Gasteiger charge is 2.11. The first-order chi connectivity index (χ1) is 14.5. The molecule has 30 heavy (non-hydrogen) atoms. The lowest BCUT2D eigenvalue weighted by Crippen LogP contribution is -2.23.